The van der Waals surface area contributed by atoms with Crippen molar-refractivity contribution in [3.63, 3.8) is 0 Å². The van der Waals surface area contributed by atoms with E-state index in [-0.39, 0.29) is 0 Å². The number of hydrogen-bond acceptors (Lipinski definition) is 2. The Morgan fingerprint density at radius 1 is 2.00 bits per heavy atom. The molecule has 0 amide bonds. The summed E-state index contributed by atoms with van der Waals surface area (Å²) in [6.07, 6.45) is 1.74. The highest BCUT2D eigenvalue weighted by Gasteiger charge is 2.03. The van der Waals surface area contributed by atoms with Crippen LogP contribution in [0.25, 0.3) is 0 Å². The number of aliphatic imine (C=N–C) groups is 1. The van der Waals surface area contributed by atoms with E-state index < -0.39 is 0 Å². The second kappa shape index (κ2) is 1.58. The summed E-state index contributed by atoms with van der Waals surface area (Å²) >= 11 is 4.84. The van der Waals surface area contributed by atoms with Gasteiger partial charge in [0.05, 0.1) is 12.9 Å². The first-order valence-corrected chi connectivity index (χ1v) is 2.47. The van der Waals surface area contributed by atoms with Crippen molar-refractivity contribution in [3.05, 3.63) is 0 Å². The highest BCUT2D eigenvalue weighted by molar-refractivity contribution is 7.80. The van der Waals surface area contributed by atoms with Gasteiger partial charge < -0.3 is 4.90 Å². The quantitative estimate of drug-likeness (QED) is 0.420. The molecule has 2 nitrogen and oxygen atoms in total. The summed E-state index contributed by atoms with van der Waals surface area (Å²) in [7, 11) is 1.90. The van der Waals surface area contributed by atoms with Gasteiger partial charge in [0.15, 0.2) is 0 Å². The van der Waals surface area contributed by atoms with Crippen LogP contribution in [0, 0.1) is 0 Å². The fraction of sp³-hybridized carbons (Fsp3) is 0.500. The summed E-state index contributed by atoms with van der Waals surface area (Å²) in [6.45, 7) is 0.700. The molecule has 0 aromatic heterocycles. The Bertz CT molecular complexity index is 119. The van der Waals surface area contributed by atoms with E-state index in [2.05, 4.69) is 4.99 Å². The molecule has 0 aromatic rings. The summed E-state index contributed by atoms with van der Waals surface area (Å²) in [5.41, 5.74) is 0. The molecule has 0 aromatic carbocycles. The summed E-state index contributed by atoms with van der Waals surface area (Å²) < 4.78 is 0. The molecule has 1 aliphatic rings. The minimum Gasteiger partial charge on any atom is -0.329 e. The lowest BCUT2D eigenvalue weighted by atomic mass is 10.6. The zero-order chi connectivity index (χ0) is 5.28. The minimum absolute atomic E-state index is 0.700. The molecule has 1 rings (SSSR count). The van der Waals surface area contributed by atoms with Crippen molar-refractivity contribution < 1.29 is 0 Å². The predicted molar refractivity (Wildman–Crippen MR) is 33.7 cm³/mol. The van der Waals surface area contributed by atoms with E-state index in [1.54, 1.807) is 6.34 Å². The molecule has 1 aliphatic heterocycles. The molecule has 7 heavy (non-hydrogen) atoms. The van der Waals surface area contributed by atoms with Crippen LogP contribution in [0.4, 0.5) is 0 Å². The van der Waals surface area contributed by atoms with Gasteiger partial charge in [0.2, 0.25) is 0 Å². The van der Waals surface area contributed by atoms with Gasteiger partial charge in [-0.1, -0.05) is 12.2 Å². The molecule has 1 heterocycles. The number of likely N-dealkylation sites (N-methyl/N-ethyl adjacent to an activating group) is 1. The van der Waals surface area contributed by atoms with Gasteiger partial charge >= 0.3 is 0 Å². The normalized spacial score (nSPS) is 19.0. The molecule has 0 N–H and O–H groups in total. The van der Waals surface area contributed by atoms with Crippen molar-refractivity contribution in [1.29, 1.82) is 0 Å². The van der Waals surface area contributed by atoms with Gasteiger partial charge in [0.1, 0.15) is 4.99 Å². The van der Waals surface area contributed by atoms with Crippen molar-refractivity contribution in [3.8, 4) is 0 Å². The van der Waals surface area contributed by atoms with Gasteiger partial charge in [-0.3, -0.25) is 4.99 Å². The zero-order valence-electron chi connectivity index (χ0n) is 4.09. The lowest BCUT2D eigenvalue weighted by Crippen LogP contribution is -2.18. The van der Waals surface area contributed by atoms with E-state index >= 15 is 0 Å². The molecule has 0 aliphatic carbocycles. The maximum Gasteiger partial charge on any atom is 0.105 e. The van der Waals surface area contributed by atoms with Gasteiger partial charge in [-0.2, -0.15) is 0 Å². The number of hydrogen-bond donors (Lipinski definition) is 0. The van der Waals surface area contributed by atoms with Crippen molar-refractivity contribution in [2.75, 3.05) is 13.6 Å². The molecule has 0 bridgehead atoms. The van der Waals surface area contributed by atoms with E-state index in [4.69, 9.17) is 12.2 Å². The van der Waals surface area contributed by atoms with E-state index in [0.717, 1.165) is 4.99 Å². The smallest absolute Gasteiger partial charge is 0.105 e. The fourth-order valence-electron chi connectivity index (χ4n) is 0.417. The van der Waals surface area contributed by atoms with Crippen LogP contribution in [0.2, 0.25) is 0 Å². The van der Waals surface area contributed by atoms with Crippen LogP contribution in [0.3, 0.4) is 0 Å². The Hall–Kier alpha value is -0.440. The summed E-state index contributed by atoms with van der Waals surface area (Å²) in [5.74, 6) is 0. The van der Waals surface area contributed by atoms with Gasteiger partial charge in [0.25, 0.3) is 0 Å². The van der Waals surface area contributed by atoms with Gasteiger partial charge in [-0.15, -0.1) is 0 Å². The Morgan fingerprint density at radius 2 is 2.71 bits per heavy atom. The van der Waals surface area contributed by atoms with Crippen molar-refractivity contribution in [2.45, 2.75) is 0 Å². The fourth-order valence-corrected chi connectivity index (χ4v) is 0.539. The van der Waals surface area contributed by atoms with Crippen molar-refractivity contribution in [2.24, 2.45) is 4.99 Å². The van der Waals surface area contributed by atoms with Crippen LogP contribution in [0.15, 0.2) is 4.99 Å². The maximum absolute atomic E-state index is 4.84. The van der Waals surface area contributed by atoms with Crippen molar-refractivity contribution >= 4 is 23.5 Å². The summed E-state index contributed by atoms with van der Waals surface area (Å²) in [4.78, 5) is 6.65. The van der Waals surface area contributed by atoms with Crippen LogP contribution in [-0.4, -0.2) is 29.8 Å². The Morgan fingerprint density at radius 3 is 2.86 bits per heavy atom. The molecular formula is C4H6N2S. The second-order valence-electron chi connectivity index (χ2n) is 1.46. The molecule has 0 fully saturated rings. The predicted octanol–water partition coefficient (Wildman–Crippen LogP) is 0.287. The minimum atomic E-state index is 0.700. The lowest BCUT2D eigenvalue weighted by molar-refractivity contribution is 0.809. The molecular weight excluding hydrogens is 108 g/mol. The first kappa shape index (κ1) is 4.71. The third-order valence-corrected chi connectivity index (χ3v) is 1.29. The third kappa shape index (κ3) is 0.771. The third-order valence-electron chi connectivity index (χ3n) is 0.875. The largest absolute Gasteiger partial charge is 0.329 e. The SMILES string of the molecule is CN1C=NCC1=S. The molecule has 0 saturated carbocycles. The standard InChI is InChI=1S/C4H6N2S/c1-6-3-5-2-4(6)7/h3H,2H2,1H3. The highest BCUT2D eigenvalue weighted by Crippen LogP contribution is 1.91. The number of thiocarbonyl (C=S) groups is 1. The van der Waals surface area contributed by atoms with Gasteiger partial charge in [0, 0.05) is 7.05 Å². The Labute approximate surface area is 47.8 Å². The molecule has 0 saturated heterocycles. The lowest BCUT2D eigenvalue weighted by Gasteiger charge is -2.01. The summed E-state index contributed by atoms with van der Waals surface area (Å²) in [5, 5.41) is 0. The number of nitrogens with zero attached hydrogens (tertiary/aromatic N) is 2. The zero-order valence-corrected chi connectivity index (χ0v) is 4.90. The van der Waals surface area contributed by atoms with Crippen LogP contribution in [0.5, 0.6) is 0 Å². The van der Waals surface area contributed by atoms with Crippen LogP contribution >= 0.6 is 12.2 Å². The molecule has 3 heteroatoms. The average molecular weight is 114 g/mol. The van der Waals surface area contributed by atoms with Crippen LogP contribution in [-0.2, 0) is 0 Å². The summed E-state index contributed by atoms with van der Waals surface area (Å²) in [6, 6.07) is 0. The Balaban J connectivity index is 2.62. The molecule has 0 radical (unpaired) electrons. The molecule has 0 atom stereocenters. The maximum atomic E-state index is 4.84. The van der Waals surface area contributed by atoms with Gasteiger partial charge in [-0.25, -0.2) is 0 Å². The Kier molecular flexibility index (Phi) is 1.06. The van der Waals surface area contributed by atoms with E-state index in [0.29, 0.717) is 6.54 Å². The molecule has 38 valence electrons. The second-order valence-corrected chi connectivity index (χ2v) is 1.93. The average Bonchev–Trinajstić information content (AvgIpc) is 1.91. The highest BCUT2D eigenvalue weighted by atomic mass is 32.1. The van der Waals surface area contributed by atoms with E-state index in [1.165, 1.54) is 0 Å². The van der Waals surface area contributed by atoms with E-state index in [9.17, 15) is 0 Å². The first-order valence-electron chi connectivity index (χ1n) is 2.06. The van der Waals surface area contributed by atoms with Gasteiger partial charge in [-0.05, 0) is 0 Å². The monoisotopic (exact) mass is 114 g/mol. The van der Waals surface area contributed by atoms with E-state index in [1.807, 2.05) is 11.9 Å². The molecule has 0 unspecified atom stereocenters. The number of rotatable bonds is 0. The van der Waals surface area contributed by atoms with Crippen LogP contribution < -0.4 is 0 Å². The topological polar surface area (TPSA) is 15.6 Å². The first-order chi connectivity index (χ1) is 3.30. The molecule has 0 spiro atoms. The van der Waals surface area contributed by atoms with Crippen LogP contribution in [0.1, 0.15) is 0 Å². The van der Waals surface area contributed by atoms with Crippen molar-refractivity contribution in [1.82, 2.24) is 4.90 Å².